The van der Waals surface area contributed by atoms with Crippen LogP contribution in [0.25, 0.3) is 0 Å². The molecule has 0 fully saturated rings. The van der Waals surface area contributed by atoms with E-state index in [0.717, 1.165) is 32.1 Å². The van der Waals surface area contributed by atoms with E-state index >= 15 is 0 Å². The molecule has 0 aliphatic heterocycles. The van der Waals surface area contributed by atoms with Gasteiger partial charge >= 0.3 is 10.2 Å². The molecule has 0 aromatic heterocycles. The van der Waals surface area contributed by atoms with Crippen LogP contribution >= 0.6 is 0 Å². The first-order chi connectivity index (χ1) is 6.61. The van der Waals surface area contributed by atoms with Gasteiger partial charge in [0.2, 0.25) is 0 Å². The average molecular weight is 220 g/mol. The third kappa shape index (κ3) is 4.22. The lowest BCUT2D eigenvalue weighted by molar-refractivity contribution is 0.502. The molecule has 0 saturated carbocycles. The number of hydrogen-bond acceptors (Lipinski definition) is 2. The SMILES string of the molecule is O=S(=O)(F)C1CCC/C=C/CCCC1. The van der Waals surface area contributed by atoms with E-state index in [1.165, 1.54) is 0 Å². The standard InChI is InChI=1S/C10H17FO2S/c11-14(12,13)10-8-6-4-2-1-3-5-7-9-10/h1-2,10H,3-9H2/b2-1+. The zero-order valence-corrected chi connectivity index (χ0v) is 9.10. The van der Waals surface area contributed by atoms with Gasteiger partial charge in [-0.05, 0) is 38.5 Å². The van der Waals surface area contributed by atoms with Crippen LogP contribution in [0.15, 0.2) is 12.2 Å². The first kappa shape index (κ1) is 11.7. The molecule has 1 unspecified atom stereocenters. The van der Waals surface area contributed by atoms with Crippen molar-refractivity contribution in [2.75, 3.05) is 0 Å². The molecule has 0 spiro atoms. The maximum absolute atomic E-state index is 12.8. The van der Waals surface area contributed by atoms with Gasteiger partial charge in [-0.2, -0.15) is 8.42 Å². The highest BCUT2D eigenvalue weighted by atomic mass is 32.3. The van der Waals surface area contributed by atoms with Crippen molar-refractivity contribution < 1.29 is 12.3 Å². The first-order valence-corrected chi connectivity index (χ1v) is 6.64. The summed E-state index contributed by atoms with van der Waals surface area (Å²) >= 11 is 0. The van der Waals surface area contributed by atoms with Crippen molar-refractivity contribution >= 4 is 10.2 Å². The van der Waals surface area contributed by atoms with E-state index in [0.29, 0.717) is 12.8 Å². The molecule has 0 saturated heterocycles. The molecule has 2 nitrogen and oxygen atoms in total. The molecule has 0 aromatic carbocycles. The van der Waals surface area contributed by atoms with Crippen LogP contribution in [0, 0.1) is 0 Å². The average Bonchev–Trinajstić information content (AvgIpc) is 2.12. The molecule has 1 atom stereocenters. The molecule has 0 bridgehead atoms. The van der Waals surface area contributed by atoms with Crippen molar-refractivity contribution in [1.29, 1.82) is 0 Å². The summed E-state index contributed by atoms with van der Waals surface area (Å²) in [5, 5.41) is -0.756. The van der Waals surface area contributed by atoms with Crippen molar-refractivity contribution in [3.63, 3.8) is 0 Å². The van der Waals surface area contributed by atoms with Crippen LogP contribution in [0.5, 0.6) is 0 Å². The molecule has 1 rings (SSSR count). The predicted molar refractivity (Wildman–Crippen MR) is 55.3 cm³/mol. The summed E-state index contributed by atoms with van der Waals surface area (Å²) in [5.41, 5.74) is 0. The molecular formula is C10H17FO2S. The Kier molecular flexibility index (Phi) is 4.58. The minimum Gasteiger partial charge on any atom is -0.195 e. The first-order valence-electron chi connectivity index (χ1n) is 5.19. The normalized spacial score (nSPS) is 28.2. The Balaban J connectivity index is 2.54. The van der Waals surface area contributed by atoms with E-state index in [9.17, 15) is 12.3 Å². The van der Waals surface area contributed by atoms with Gasteiger partial charge in [0.05, 0.1) is 5.25 Å². The van der Waals surface area contributed by atoms with Crippen LogP contribution in [0.1, 0.15) is 44.9 Å². The second-order valence-electron chi connectivity index (χ2n) is 3.78. The second kappa shape index (κ2) is 5.49. The maximum atomic E-state index is 12.8. The summed E-state index contributed by atoms with van der Waals surface area (Å²) in [6.07, 6.45) is 9.52. The Hall–Kier alpha value is -0.380. The monoisotopic (exact) mass is 220 g/mol. The van der Waals surface area contributed by atoms with E-state index in [1.54, 1.807) is 0 Å². The lowest BCUT2D eigenvalue weighted by Crippen LogP contribution is -2.17. The van der Waals surface area contributed by atoms with Crippen molar-refractivity contribution in [3.8, 4) is 0 Å². The van der Waals surface area contributed by atoms with Crippen LogP contribution in [-0.2, 0) is 10.2 Å². The zero-order valence-electron chi connectivity index (χ0n) is 8.28. The highest BCUT2D eigenvalue weighted by Gasteiger charge is 2.23. The number of hydrogen-bond donors (Lipinski definition) is 0. The molecule has 0 radical (unpaired) electrons. The summed E-state index contributed by atoms with van der Waals surface area (Å²) in [6, 6.07) is 0. The van der Waals surface area contributed by atoms with Gasteiger partial charge in [-0.25, -0.2) is 0 Å². The van der Waals surface area contributed by atoms with Gasteiger partial charge in [0.15, 0.2) is 0 Å². The van der Waals surface area contributed by atoms with Crippen molar-refractivity contribution in [2.45, 2.75) is 50.2 Å². The quantitative estimate of drug-likeness (QED) is 0.503. The van der Waals surface area contributed by atoms with E-state index in [1.807, 2.05) is 0 Å². The van der Waals surface area contributed by atoms with E-state index in [2.05, 4.69) is 12.2 Å². The highest BCUT2D eigenvalue weighted by molar-refractivity contribution is 7.87. The Morgan fingerprint density at radius 2 is 1.57 bits per heavy atom. The predicted octanol–water partition coefficient (Wildman–Crippen LogP) is 2.95. The highest BCUT2D eigenvalue weighted by Crippen LogP contribution is 2.20. The van der Waals surface area contributed by atoms with Crippen LogP contribution in [0.2, 0.25) is 0 Å². The summed E-state index contributed by atoms with van der Waals surface area (Å²) in [4.78, 5) is 0. The number of halogens is 1. The fraction of sp³-hybridized carbons (Fsp3) is 0.800. The van der Waals surface area contributed by atoms with Crippen LogP contribution < -0.4 is 0 Å². The van der Waals surface area contributed by atoms with Crippen molar-refractivity contribution in [2.24, 2.45) is 0 Å². The summed E-state index contributed by atoms with van der Waals surface area (Å²) < 4.78 is 34.3. The molecule has 1 aliphatic rings. The smallest absolute Gasteiger partial charge is 0.195 e. The van der Waals surface area contributed by atoms with Crippen LogP contribution in [0.3, 0.4) is 0 Å². The molecule has 0 aromatic rings. The Morgan fingerprint density at radius 1 is 1.00 bits per heavy atom. The van der Waals surface area contributed by atoms with Crippen LogP contribution in [0.4, 0.5) is 3.89 Å². The maximum Gasteiger partial charge on any atom is 0.305 e. The van der Waals surface area contributed by atoms with Gasteiger partial charge < -0.3 is 0 Å². The Morgan fingerprint density at radius 3 is 2.21 bits per heavy atom. The molecule has 4 heteroatoms. The van der Waals surface area contributed by atoms with E-state index in [-0.39, 0.29) is 0 Å². The van der Waals surface area contributed by atoms with Gasteiger partial charge in [-0.1, -0.05) is 18.6 Å². The van der Waals surface area contributed by atoms with E-state index in [4.69, 9.17) is 0 Å². The van der Waals surface area contributed by atoms with Gasteiger partial charge in [0.1, 0.15) is 0 Å². The molecule has 0 amide bonds. The summed E-state index contributed by atoms with van der Waals surface area (Å²) in [6.45, 7) is 0. The minimum absolute atomic E-state index is 0.461. The third-order valence-corrected chi connectivity index (χ3v) is 3.88. The van der Waals surface area contributed by atoms with Gasteiger partial charge in [0, 0.05) is 0 Å². The second-order valence-corrected chi connectivity index (χ2v) is 5.40. The van der Waals surface area contributed by atoms with Gasteiger partial charge in [-0.15, -0.1) is 3.89 Å². The van der Waals surface area contributed by atoms with Gasteiger partial charge in [-0.3, -0.25) is 0 Å². The lowest BCUT2D eigenvalue weighted by Gasteiger charge is -2.12. The molecule has 1 aliphatic carbocycles. The van der Waals surface area contributed by atoms with Crippen molar-refractivity contribution in [3.05, 3.63) is 12.2 Å². The topological polar surface area (TPSA) is 34.1 Å². The zero-order chi connectivity index (χ0) is 10.4. The largest absolute Gasteiger partial charge is 0.305 e. The Labute approximate surface area is 85.4 Å². The molecule has 82 valence electrons. The number of allylic oxidation sites excluding steroid dienone is 2. The summed E-state index contributed by atoms with van der Waals surface area (Å²) in [7, 11) is -4.32. The lowest BCUT2D eigenvalue weighted by atomic mass is 10.0. The van der Waals surface area contributed by atoms with Crippen molar-refractivity contribution in [1.82, 2.24) is 0 Å². The van der Waals surface area contributed by atoms with Gasteiger partial charge in [0.25, 0.3) is 0 Å². The molecular weight excluding hydrogens is 203 g/mol. The van der Waals surface area contributed by atoms with E-state index < -0.39 is 15.5 Å². The fourth-order valence-electron chi connectivity index (χ4n) is 1.76. The molecule has 0 heterocycles. The fourth-order valence-corrected chi connectivity index (χ4v) is 2.66. The minimum atomic E-state index is -4.32. The number of rotatable bonds is 1. The molecule has 14 heavy (non-hydrogen) atoms. The van der Waals surface area contributed by atoms with Crippen LogP contribution in [-0.4, -0.2) is 13.7 Å². The summed E-state index contributed by atoms with van der Waals surface area (Å²) in [5.74, 6) is 0. The third-order valence-electron chi connectivity index (χ3n) is 2.61. The molecule has 0 N–H and O–H groups in total. The Bertz CT molecular complexity index is 282.